The van der Waals surface area contributed by atoms with Crippen molar-refractivity contribution in [3.63, 3.8) is 0 Å². The van der Waals surface area contributed by atoms with Gasteiger partial charge in [0, 0.05) is 17.8 Å². The zero-order valence-corrected chi connectivity index (χ0v) is 13.8. The molecule has 0 spiro atoms. The highest BCUT2D eigenvalue weighted by Gasteiger charge is 2.25. The molecule has 0 aromatic heterocycles. The third-order valence-electron chi connectivity index (χ3n) is 4.38. The maximum absolute atomic E-state index is 12.0. The van der Waals surface area contributed by atoms with Gasteiger partial charge in [-0.1, -0.05) is 32.0 Å². The van der Waals surface area contributed by atoms with E-state index in [9.17, 15) is 4.79 Å². The van der Waals surface area contributed by atoms with Gasteiger partial charge in [-0.25, -0.2) is 0 Å². The molecule has 1 amide bonds. The summed E-state index contributed by atoms with van der Waals surface area (Å²) in [5.74, 6) is 0.661. The minimum Gasteiger partial charge on any atom is -0.355 e. The van der Waals surface area contributed by atoms with Crippen LogP contribution in [0.5, 0.6) is 0 Å². The van der Waals surface area contributed by atoms with Crippen molar-refractivity contribution >= 4 is 17.5 Å². The number of carbonyl (C=O) groups is 1. The molecule has 20 heavy (non-hydrogen) atoms. The number of amides is 1. The highest BCUT2D eigenvalue weighted by molar-refractivity contribution is 6.18. The maximum Gasteiger partial charge on any atom is 0.224 e. The van der Waals surface area contributed by atoms with Gasteiger partial charge in [0.15, 0.2) is 0 Å². The lowest BCUT2D eigenvalue weighted by atomic mass is 9.84. The molecule has 1 N–H and O–H groups in total. The lowest BCUT2D eigenvalue weighted by Gasteiger charge is -2.29. The Labute approximate surface area is 127 Å². The molecule has 1 aromatic carbocycles. The van der Waals surface area contributed by atoms with Gasteiger partial charge >= 0.3 is 0 Å². The van der Waals surface area contributed by atoms with Gasteiger partial charge in [0.2, 0.25) is 5.91 Å². The lowest BCUT2D eigenvalue weighted by molar-refractivity contribution is -0.120. The third-order valence-corrected chi connectivity index (χ3v) is 4.95. The normalized spacial score (nSPS) is 11.4. The first-order valence-corrected chi connectivity index (χ1v) is 7.88. The van der Waals surface area contributed by atoms with Crippen molar-refractivity contribution in [2.45, 2.75) is 47.0 Å². The number of carbonyl (C=O) groups excluding carboxylic acids is 1. The van der Waals surface area contributed by atoms with E-state index in [1.807, 2.05) is 6.07 Å². The summed E-state index contributed by atoms with van der Waals surface area (Å²) >= 11 is 6.06. The SMILES string of the molecule is CCC(CC)(CCl)CNC(=O)Cc1ccc(C)c(C)c1. The average molecular weight is 296 g/mol. The zero-order chi connectivity index (χ0) is 15.2. The first-order chi connectivity index (χ1) is 9.46. The molecule has 0 heterocycles. The molecular weight excluding hydrogens is 270 g/mol. The number of benzene rings is 1. The number of aryl methyl sites for hydroxylation is 2. The highest BCUT2D eigenvalue weighted by atomic mass is 35.5. The molecule has 0 radical (unpaired) electrons. The number of alkyl halides is 1. The van der Waals surface area contributed by atoms with Crippen molar-refractivity contribution in [3.8, 4) is 0 Å². The summed E-state index contributed by atoms with van der Waals surface area (Å²) in [5.41, 5.74) is 3.58. The van der Waals surface area contributed by atoms with E-state index < -0.39 is 0 Å². The summed E-state index contributed by atoms with van der Waals surface area (Å²) in [7, 11) is 0. The van der Waals surface area contributed by atoms with E-state index in [2.05, 4.69) is 45.1 Å². The molecule has 1 aromatic rings. The van der Waals surface area contributed by atoms with Gasteiger partial charge in [0.25, 0.3) is 0 Å². The Morgan fingerprint density at radius 1 is 1.20 bits per heavy atom. The minimum atomic E-state index is 0.0282. The molecule has 0 fully saturated rings. The van der Waals surface area contributed by atoms with Crippen molar-refractivity contribution in [3.05, 3.63) is 34.9 Å². The topological polar surface area (TPSA) is 29.1 Å². The van der Waals surface area contributed by atoms with E-state index in [0.29, 0.717) is 18.8 Å². The van der Waals surface area contributed by atoms with Gasteiger partial charge in [-0.15, -0.1) is 11.6 Å². The van der Waals surface area contributed by atoms with E-state index in [4.69, 9.17) is 11.6 Å². The van der Waals surface area contributed by atoms with Crippen LogP contribution in [0.15, 0.2) is 18.2 Å². The Hall–Kier alpha value is -1.02. The molecular formula is C17H26ClNO. The van der Waals surface area contributed by atoms with Crippen LogP contribution in [-0.2, 0) is 11.2 Å². The lowest BCUT2D eigenvalue weighted by Crippen LogP contribution is -2.38. The Kier molecular flexibility index (Phi) is 6.54. The van der Waals surface area contributed by atoms with E-state index in [-0.39, 0.29) is 11.3 Å². The Balaban J connectivity index is 2.57. The van der Waals surface area contributed by atoms with Crippen LogP contribution in [0, 0.1) is 19.3 Å². The van der Waals surface area contributed by atoms with Gasteiger partial charge in [-0.05, 0) is 43.4 Å². The second kappa shape index (κ2) is 7.68. The fraction of sp³-hybridized carbons (Fsp3) is 0.588. The van der Waals surface area contributed by atoms with Crippen molar-refractivity contribution in [1.29, 1.82) is 0 Å². The van der Waals surface area contributed by atoms with Crippen molar-refractivity contribution in [1.82, 2.24) is 5.32 Å². The van der Waals surface area contributed by atoms with E-state index in [1.54, 1.807) is 0 Å². The Morgan fingerprint density at radius 2 is 1.85 bits per heavy atom. The van der Waals surface area contributed by atoms with Gasteiger partial charge in [0.1, 0.15) is 0 Å². The molecule has 0 aliphatic heterocycles. The zero-order valence-electron chi connectivity index (χ0n) is 13.1. The summed E-state index contributed by atoms with van der Waals surface area (Å²) in [5, 5.41) is 3.04. The predicted molar refractivity (Wildman–Crippen MR) is 86.4 cm³/mol. The van der Waals surface area contributed by atoms with Crippen molar-refractivity contribution in [2.24, 2.45) is 5.41 Å². The van der Waals surface area contributed by atoms with Crippen LogP contribution in [0.25, 0.3) is 0 Å². The average Bonchev–Trinajstić information content (AvgIpc) is 2.45. The Morgan fingerprint density at radius 3 is 2.35 bits per heavy atom. The van der Waals surface area contributed by atoms with Crippen LogP contribution >= 0.6 is 11.6 Å². The molecule has 0 bridgehead atoms. The smallest absolute Gasteiger partial charge is 0.224 e. The summed E-state index contributed by atoms with van der Waals surface area (Å²) in [6, 6.07) is 6.18. The number of rotatable bonds is 7. The largest absolute Gasteiger partial charge is 0.355 e. The molecule has 0 saturated heterocycles. The van der Waals surface area contributed by atoms with Crippen molar-refractivity contribution < 1.29 is 4.79 Å². The molecule has 0 aliphatic carbocycles. The summed E-state index contributed by atoms with van der Waals surface area (Å²) in [4.78, 5) is 12.0. The van der Waals surface area contributed by atoms with Crippen LogP contribution in [0.2, 0.25) is 0 Å². The maximum atomic E-state index is 12.0. The highest BCUT2D eigenvalue weighted by Crippen LogP contribution is 2.26. The molecule has 0 aliphatic rings. The fourth-order valence-electron chi connectivity index (χ4n) is 2.18. The third kappa shape index (κ3) is 4.52. The number of halogens is 1. The first kappa shape index (κ1) is 17.0. The summed E-state index contributed by atoms with van der Waals surface area (Å²) in [6.07, 6.45) is 2.40. The summed E-state index contributed by atoms with van der Waals surface area (Å²) in [6.45, 7) is 9.07. The van der Waals surface area contributed by atoms with Crippen LogP contribution < -0.4 is 5.32 Å². The van der Waals surface area contributed by atoms with Crippen LogP contribution in [0.1, 0.15) is 43.4 Å². The van der Waals surface area contributed by atoms with Crippen LogP contribution in [0.3, 0.4) is 0 Å². The van der Waals surface area contributed by atoms with Gasteiger partial charge < -0.3 is 5.32 Å². The molecule has 0 atom stereocenters. The number of hydrogen-bond acceptors (Lipinski definition) is 1. The molecule has 1 rings (SSSR count). The van der Waals surface area contributed by atoms with Gasteiger partial charge in [0.05, 0.1) is 6.42 Å². The van der Waals surface area contributed by atoms with Gasteiger partial charge in [-0.3, -0.25) is 4.79 Å². The first-order valence-electron chi connectivity index (χ1n) is 7.35. The second-order valence-electron chi connectivity index (χ2n) is 5.71. The van der Waals surface area contributed by atoms with E-state index in [0.717, 1.165) is 18.4 Å². The quantitative estimate of drug-likeness (QED) is 0.757. The predicted octanol–water partition coefficient (Wildman–Crippen LogP) is 4.01. The van der Waals surface area contributed by atoms with Crippen LogP contribution in [0.4, 0.5) is 0 Å². The van der Waals surface area contributed by atoms with Crippen LogP contribution in [-0.4, -0.2) is 18.3 Å². The van der Waals surface area contributed by atoms with E-state index in [1.165, 1.54) is 11.1 Å². The Bertz CT molecular complexity index is 444. The number of hydrogen-bond donors (Lipinski definition) is 1. The fourth-order valence-corrected chi connectivity index (χ4v) is 2.66. The molecule has 112 valence electrons. The summed E-state index contributed by atoms with van der Waals surface area (Å²) < 4.78 is 0. The molecule has 2 nitrogen and oxygen atoms in total. The molecule has 3 heteroatoms. The van der Waals surface area contributed by atoms with Gasteiger partial charge in [-0.2, -0.15) is 0 Å². The molecule has 0 saturated carbocycles. The minimum absolute atomic E-state index is 0.0282. The number of nitrogens with one attached hydrogen (secondary N) is 1. The van der Waals surface area contributed by atoms with E-state index >= 15 is 0 Å². The van der Waals surface area contributed by atoms with Crippen molar-refractivity contribution in [2.75, 3.05) is 12.4 Å². The molecule has 0 unspecified atom stereocenters. The monoisotopic (exact) mass is 295 g/mol. The standard InChI is InChI=1S/C17H26ClNO/c1-5-17(6-2,11-18)12-19-16(20)10-15-8-7-13(3)14(4)9-15/h7-9H,5-6,10-12H2,1-4H3,(H,19,20). The second-order valence-corrected chi connectivity index (χ2v) is 5.98.